The highest BCUT2D eigenvalue weighted by molar-refractivity contribution is 7.13. The number of aromatic nitrogens is 2. The van der Waals surface area contributed by atoms with Crippen LogP contribution in [-0.2, 0) is 0 Å². The third kappa shape index (κ3) is 3.27. The summed E-state index contributed by atoms with van der Waals surface area (Å²) < 4.78 is 0. The van der Waals surface area contributed by atoms with Crippen molar-refractivity contribution in [1.29, 1.82) is 0 Å². The van der Waals surface area contributed by atoms with Crippen LogP contribution < -0.4 is 4.90 Å². The SMILES string of the molecule is Cc1ccc(C(=O)N2CCCN(c3nc(C)cs3)CC2)cn1. The van der Waals surface area contributed by atoms with Gasteiger partial charge < -0.3 is 9.80 Å². The number of pyridine rings is 1. The fraction of sp³-hybridized carbons (Fsp3) is 0.438. The van der Waals surface area contributed by atoms with Gasteiger partial charge in [0, 0.05) is 43.4 Å². The summed E-state index contributed by atoms with van der Waals surface area (Å²) in [6.45, 7) is 7.23. The second kappa shape index (κ2) is 6.44. The van der Waals surface area contributed by atoms with Crippen LogP contribution in [0.1, 0.15) is 28.2 Å². The first-order valence-electron chi connectivity index (χ1n) is 7.52. The number of aryl methyl sites for hydroxylation is 2. The van der Waals surface area contributed by atoms with Crippen molar-refractivity contribution in [2.75, 3.05) is 31.1 Å². The standard InChI is InChI=1S/C16H20N4OS/c1-12-4-5-14(10-17-12)15(21)19-6-3-7-20(9-8-19)16-18-13(2)11-22-16/h4-5,10-11H,3,6-9H2,1-2H3. The Morgan fingerprint density at radius 1 is 1.14 bits per heavy atom. The Hall–Kier alpha value is -1.95. The van der Waals surface area contributed by atoms with Crippen LogP contribution in [0.15, 0.2) is 23.7 Å². The zero-order valence-corrected chi connectivity index (χ0v) is 13.8. The smallest absolute Gasteiger partial charge is 0.255 e. The number of hydrogen-bond acceptors (Lipinski definition) is 5. The summed E-state index contributed by atoms with van der Waals surface area (Å²) in [6.07, 6.45) is 2.63. The molecule has 0 saturated carbocycles. The molecule has 1 fully saturated rings. The molecule has 0 bridgehead atoms. The second-order valence-corrected chi connectivity index (χ2v) is 6.43. The van der Waals surface area contributed by atoms with E-state index in [9.17, 15) is 4.79 Å². The molecule has 5 nitrogen and oxygen atoms in total. The summed E-state index contributed by atoms with van der Waals surface area (Å²) in [7, 11) is 0. The molecule has 6 heteroatoms. The summed E-state index contributed by atoms with van der Waals surface area (Å²) in [5.74, 6) is 0.0738. The lowest BCUT2D eigenvalue weighted by molar-refractivity contribution is 0.0766. The van der Waals surface area contributed by atoms with Crippen molar-refractivity contribution >= 4 is 22.4 Å². The van der Waals surface area contributed by atoms with E-state index in [1.54, 1.807) is 17.5 Å². The van der Waals surface area contributed by atoms with E-state index in [4.69, 9.17) is 0 Å². The zero-order chi connectivity index (χ0) is 15.5. The van der Waals surface area contributed by atoms with E-state index < -0.39 is 0 Å². The second-order valence-electron chi connectivity index (χ2n) is 5.59. The highest BCUT2D eigenvalue weighted by atomic mass is 32.1. The first kappa shape index (κ1) is 15.0. The van der Waals surface area contributed by atoms with Crippen molar-refractivity contribution in [3.05, 3.63) is 40.7 Å². The molecule has 2 aromatic heterocycles. The van der Waals surface area contributed by atoms with Gasteiger partial charge >= 0.3 is 0 Å². The number of carbonyl (C=O) groups excluding carboxylic acids is 1. The van der Waals surface area contributed by atoms with Crippen LogP contribution in [0, 0.1) is 13.8 Å². The van der Waals surface area contributed by atoms with Gasteiger partial charge in [0.1, 0.15) is 0 Å². The van der Waals surface area contributed by atoms with Gasteiger partial charge in [-0.2, -0.15) is 0 Å². The predicted octanol–water partition coefficient (Wildman–Crippen LogP) is 2.51. The lowest BCUT2D eigenvalue weighted by Gasteiger charge is -2.21. The van der Waals surface area contributed by atoms with Crippen molar-refractivity contribution in [1.82, 2.24) is 14.9 Å². The molecule has 3 rings (SSSR count). The molecular weight excluding hydrogens is 296 g/mol. The third-order valence-corrected chi connectivity index (χ3v) is 4.84. The Labute approximate surface area is 134 Å². The first-order valence-corrected chi connectivity index (χ1v) is 8.40. The fourth-order valence-electron chi connectivity index (χ4n) is 2.58. The van der Waals surface area contributed by atoms with Gasteiger partial charge in [0.05, 0.1) is 11.3 Å². The third-order valence-electron chi connectivity index (χ3n) is 3.82. The summed E-state index contributed by atoms with van der Waals surface area (Å²) >= 11 is 1.67. The van der Waals surface area contributed by atoms with Gasteiger partial charge in [-0.05, 0) is 32.4 Å². The van der Waals surface area contributed by atoms with Crippen LogP contribution in [0.4, 0.5) is 5.13 Å². The molecule has 22 heavy (non-hydrogen) atoms. The minimum Gasteiger partial charge on any atom is -0.346 e. The Morgan fingerprint density at radius 3 is 2.68 bits per heavy atom. The first-order chi connectivity index (χ1) is 10.6. The van der Waals surface area contributed by atoms with Crippen molar-refractivity contribution in [2.24, 2.45) is 0 Å². The molecule has 0 radical (unpaired) electrons. The van der Waals surface area contributed by atoms with Gasteiger partial charge in [-0.25, -0.2) is 4.98 Å². The molecule has 0 unspecified atom stereocenters. The summed E-state index contributed by atoms with van der Waals surface area (Å²) in [6, 6.07) is 3.74. The molecule has 1 saturated heterocycles. The molecule has 116 valence electrons. The molecule has 3 heterocycles. The lowest BCUT2D eigenvalue weighted by Crippen LogP contribution is -2.35. The van der Waals surface area contributed by atoms with Crippen molar-refractivity contribution in [3.8, 4) is 0 Å². The number of carbonyl (C=O) groups is 1. The van der Waals surface area contributed by atoms with E-state index in [1.807, 2.05) is 30.9 Å². The molecular formula is C16H20N4OS. The van der Waals surface area contributed by atoms with Gasteiger partial charge in [0.2, 0.25) is 0 Å². The van der Waals surface area contributed by atoms with E-state index in [1.165, 1.54) is 0 Å². The maximum absolute atomic E-state index is 12.6. The topological polar surface area (TPSA) is 49.3 Å². The number of anilines is 1. The Bertz CT molecular complexity index is 652. The number of nitrogens with zero attached hydrogens (tertiary/aromatic N) is 4. The Balaban J connectivity index is 1.67. The molecule has 1 aliphatic rings. The van der Waals surface area contributed by atoms with Gasteiger partial charge in [-0.3, -0.25) is 9.78 Å². The molecule has 0 atom stereocenters. The zero-order valence-electron chi connectivity index (χ0n) is 13.0. The predicted molar refractivity (Wildman–Crippen MR) is 88.6 cm³/mol. The lowest BCUT2D eigenvalue weighted by atomic mass is 10.2. The number of rotatable bonds is 2. The molecule has 2 aromatic rings. The maximum Gasteiger partial charge on any atom is 0.255 e. The Kier molecular flexibility index (Phi) is 4.38. The molecule has 0 spiro atoms. The van der Waals surface area contributed by atoms with Gasteiger partial charge in [-0.1, -0.05) is 0 Å². The number of hydrogen-bond donors (Lipinski definition) is 0. The maximum atomic E-state index is 12.6. The van der Waals surface area contributed by atoms with E-state index in [0.29, 0.717) is 5.56 Å². The summed E-state index contributed by atoms with van der Waals surface area (Å²) in [5.41, 5.74) is 2.66. The van der Waals surface area contributed by atoms with Crippen LogP contribution in [0.3, 0.4) is 0 Å². The average Bonchev–Trinajstić information content (AvgIpc) is 2.81. The minimum absolute atomic E-state index is 0.0738. The van der Waals surface area contributed by atoms with E-state index in [0.717, 1.165) is 49.1 Å². The van der Waals surface area contributed by atoms with Gasteiger partial charge in [0.15, 0.2) is 5.13 Å². The van der Waals surface area contributed by atoms with Crippen LogP contribution in [0.2, 0.25) is 0 Å². The summed E-state index contributed by atoms with van der Waals surface area (Å²) in [4.78, 5) is 25.5. The van der Waals surface area contributed by atoms with Crippen molar-refractivity contribution in [2.45, 2.75) is 20.3 Å². The molecule has 1 aliphatic heterocycles. The van der Waals surface area contributed by atoms with Gasteiger partial charge in [-0.15, -0.1) is 11.3 Å². The Morgan fingerprint density at radius 2 is 2.00 bits per heavy atom. The van der Waals surface area contributed by atoms with Crippen LogP contribution in [0.25, 0.3) is 0 Å². The van der Waals surface area contributed by atoms with E-state index in [2.05, 4.69) is 20.2 Å². The quantitative estimate of drug-likeness (QED) is 0.854. The molecule has 0 aromatic carbocycles. The molecule has 1 amide bonds. The van der Waals surface area contributed by atoms with Crippen LogP contribution >= 0.6 is 11.3 Å². The van der Waals surface area contributed by atoms with Crippen molar-refractivity contribution < 1.29 is 4.79 Å². The van der Waals surface area contributed by atoms with E-state index in [-0.39, 0.29) is 5.91 Å². The van der Waals surface area contributed by atoms with E-state index >= 15 is 0 Å². The molecule has 0 aliphatic carbocycles. The van der Waals surface area contributed by atoms with Crippen molar-refractivity contribution in [3.63, 3.8) is 0 Å². The van der Waals surface area contributed by atoms with Gasteiger partial charge in [0.25, 0.3) is 5.91 Å². The number of amides is 1. The minimum atomic E-state index is 0.0738. The summed E-state index contributed by atoms with van der Waals surface area (Å²) in [5, 5.41) is 3.13. The average molecular weight is 316 g/mol. The normalized spacial score (nSPS) is 15.7. The number of thiazole rings is 1. The molecule has 0 N–H and O–H groups in total. The highest BCUT2D eigenvalue weighted by Gasteiger charge is 2.21. The highest BCUT2D eigenvalue weighted by Crippen LogP contribution is 2.21. The fourth-order valence-corrected chi connectivity index (χ4v) is 3.43. The van der Waals surface area contributed by atoms with Crippen LogP contribution in [-0.4, -0.2) is 47.0 Å². The monoisotopic (exact) mass is 316 g/mol. The largest absolute Gasteiger partial charge is 0.346 e. The van der Waals surface area contributed by atoms with Crippen LogP contribution in [0.5, 0.6) is 0 Å².